The topological polar surface area (TPSA) is 67.8 Å². The first-order chi connectivity index (χ1) is 12.6. The number of nitrogens with zero attached hydrogens (tertiary/aromatic N) is 3. The van der Waals surface area contributed by atoms with Crippen molar-refractivity contribution >= 4 is 45.0 Å². The lowest BCUT2D eigenvalue weighted by Crippen LogP contribution is -2.14. The van der Waals surface area contributed by atoms with Crippen molar-refractivity contribution in [2.45, 2.75) is 6.92 Å². The number of fused-ring (bicyclic) bond motifs is 1. The van der Waals surface area contributed by atoms with Crippen LogP contribution in [0.3, 0.4) is 0 Å². The van der Waals surface area contributed by atoms with Crippen molar-refractivity contribution in [3.05, 3.63) is 71.0 Å². The number of nitrogens with one attached hydrogen (secondary N) is 1. The number of aromatic nitrogens is 3. The lowest BCUT2D eigenvalue weighted by molar-refractivity contribution is 0.102. The van der Waals surface area contributed by atoms with E-state index in [1.807, 2.05) is 30.3 Å². The number of halogens is 1. The first-order valence-corrected chi connectivity index (χ1v) is 9.07. The number of carbonyl (C=O) groups is 1. The molecule has 0 aliphatic rings. The molecule has 0 atom stereocenters. The summed E-state index contributed by atoms with van der Waals surface area (Å²) in [5.41, 5.74) is 2.09. The van der Waals surface area contributed by atoms with Crippen molar-refractivity contribution in [3.63, 3.8) is 0 Å². The molecule has 4 aromatic rings. The second-order valence-corrected chi connectivity index (χ2v) is 7.03. The molecule has 0 aliphatic carbocycles. The Kier molecular flexibility index (Phi) is 4.36. The lowest BCUT2D eigenvalue weighted by atomic mass is 10.2. The summed E-state index contributed by atoms with van der Waals surface area (Å²) in [5, 5.41) is 4.25. The van der Waals surface area contributed by atoms with Gasteiger partial charge in [-0.3, -0.25) is 4.79 Å². The van der Waals surface area contributed by atoms with Crippen LogP contribution in [0.1, 0.15) is 16.2 Å². The molecule has 4 rings (SSSR count). The third kappa shape index (κ3) is 3.29. The van der Waals surface area contributed by atoms with Crippen molar-refractivity contribution in [2.24, 2.45) is 0 Å². The SMILES string of the molecule is Cc1nc(NC(=O)c2ccc(Cl)cc2)c2nc(-c3ccccc3)sc2n1. The summed E-state index contributed by atoms with van der Waals surface area (Å²) in [6.45, 7) is 1.79. The Morgan fingerprint density at radius 3 is 2.46 bits per heavy atom. The fraction of sp³-hybridized carbons (Fsp3) is 0.0526. The van der Waals surface area contributed by atoms with Gasteiger partial charge in [-0.05, 0) is 31.2 Å². The van der Waals surface area contributed by atoms with Crippen LogP contribution in [-0.2, 0) is 0 Å². The van der Waals surface area contributed by atoms with Crippen LogP contribution in [-0.4, -0.2) is 20.9 Å². The van der Waals surface area contributed by atoms with E-state index in [1.54, 1.807) is 31.2 Å². The van der Waals surface area contributed by atoms with Gasteiger partial charge in [0.25, 0.3) is 5.91 Å². The second kappa shape index (κ2) is 6.82. The predicted octanol–water partition coefficient (Wildman–Crippen LogP) is 4.97. The van der Waals surface area contributed by atoms with Gasteiger partial charge in [0.05, 0.1) is 0 Å². The summed E-state index contributed by atoms with van der Waals surface area (Å²) < 4.78 is 0. The van der Waals surface area contributed by atoms with Crippen molar-refractivity contribution in [2.75, 3.05) is 5.32 Å². The third-order valence-electron chi connectivity index (χ3n) is 3.73. The molecule has 26 heavy (non-hydrogen) atoms. The number of carbonyl (C=O) groups excluding carboxylic acids is 1. The number of hydrogen-bond donors (Lipinski definition) is 1. The van der Waals surface area contributed by atoms with E-state index in [4.69, 9.17) is 11.6 Å². The summed E-state index contributed by atoms with van der Waals surface area (Å²) in [5.74, 6) is 0.716. The van der Waals surface area contributed by atoms with Gasteiger partial charge in [-0.2, -0.15) is 0 Å². The molecule has 0 saturated heterocycles. The molecule has 5 nitrogen and oxygen atoms in total. The Morgan fingerprint density at radius 1 is 1.00 bits per heavy atom. The zero-order valence-corrected chi connectivity index (χ0v) is 15.3. The fourth-order valence-electron chi connectivity index (χ4n) is 2.50. The van der Waals surface area contributed by atoms with Crippen LogP contribution in [0.15, 0.2) is 54.6 Å². The molecule has 1 amide bonds. The summed E-state index contributed by atoms with van der Waals surface area (Å²) >= 11 is 7.35. The van der Waals surface area contributed by atoms with Crippen molar-refractivity contribution < 1.29 is 4.79 Å². The Labute approximate surface area is 158 Å². The minimum Gasteiger partial charge on any atom is -0.305 e. The van der Waals surface area contributed by atoms with Crippen LogP contribution in [0.2, 0.25) is 5.02 Å². The highest BCUT2D eigenvalue weighted by molar-refractivity contribution is 7.21. The van der Waals surface area contributed by atoms with E-state index in [-0.39, 0.29) is 5.91 Å². The quantitative estimate of drug-likeness (QED) is 0.545. The van der Waals surface area contributed by atoms with E-state index in [9.17, 15) is 4.79 Å². The molecular formula is C19H13ClN4OS. The molecule has 2 aromatic carbocycles. The minimum atomic E-state index is -0.268. The number of benzene rings is 2. The van der Waals surface area contributed by atoms with Crippen molar-refractivity contribution in [1.82, 2.24) is 15.0 Å². The van der Waals surface area contributed by atoms with Crippen LogP contribution in [0.25, 0.3) is 20.9 Å². The molecule has 0 bridgehead atoms. The van der Waals surface area contributed by atoms with E-state index >= 15 is 0 Å². The molecule has 0 fully saturated rings. The highest BCUT2D eigenvalue weighted by atomic mass is 35.5. The van der Waals surface area contributed by atoms with Gasteiger partial charge >= 0.3 is 0 Å². The Hall–Kier alpha value is -2.83. The molecule has 7 heteroatoms. The third-order valence-corrected chi connectivity index (χ3v) is 4.98. The number of hydrogen-bond acceptors (Lipinski definition) is 5. The fourth-order valence-corrected chi connectivity index (χ4v) is 3.62. The van der Waals surface area contributed by atoms with E-state index in [1.165, 1.54) is 11.3 Å². The molecule has 0 radical (unpaired) electrons. The predicted molar refractivity (Wildman–Crippen MR) is 105 cm³/mol. The first kappa shape index (κ1) is 16.6. The van der Waals surface area contributed by atoms with Gasteiger partial charge in [0, 0.05) is 16.1 Å². The second-order valence-electron chi connectivity index (χ2n) is 5.62. The molecular weight excluding hydrogens is 368 g/mol. The smallest absolute Gasteiger partial charge is 0.256 e. The van der Waals surface area contributed by atoms with Gasteiger partial charge in [0.15, 0.2) is 5.82 Å². The van der Waals surface area contributed by atoms with Crippen molar-refractivity contribution in [3.8, 4) is 10.6 Å². The number of rotatable bonds is 3. The highest BCUT2D eigenvalue weighted by Gasteiger charge is 2.16. The van der Waals surface area contributed by atoms with Gasteiger partial charge in [-0.15, -0.1) is 0 Å². The summed E-state index contributed by atoms with van der Waals surface area (Å²) in [7, 11) is 0. The normalized spacial score (nSPS) is 10.8. The van der Waals surface area contributed by atoms with E-state index in [0.29, 0.717) is 27.7 Å². The summed E-state index contributed by atoms with van der Waals surface area (Å²) in [6, 6.07) is 16.5. The van der Waals surface area contributed by atoms with Gasteiger partial charge in [0.2, 0.25) is 0 Å². The molecule has 2 heterocycles. The monoisotopic (exact) mass is 380 g/mol. The first-order valence-electron chi connectivity index (χ1n) is 7.88. The summed E-state index contributed by atoms with van der Waals surface area (Å²) in [6.07, 6.45) is 0. The summed E-state index contributed by atoms with van der Waals surface area (Å²) in [4.78, 5) is 26.7. The molecule has 0 aliphatic heterocycles. The Morgan fingerprint density at radius 2 is 1.73 bits per heavy atom. The van der Waals surface area contributed by atoms with Gasteiger partial charge in [-0.1, -0.05) is 53.3 Å². The molecule has 0 spiro atoms. The highest BCUT2D eigenvalue weighted by Crippen LogP contribution is 2.32. The standard InChI is InChI=1S/C19H13ClN4OS/c1-11-21-16(24-17(25)12-7-9-14(20)10-8-12)15-19(22-11)26-18(23-15)13-5-3-2-4-6-13/h2-10H,1H3,(H,21,22,24,25). The zero-order chi connectivity index (χ0) is 18.1. The maximum absolute atomic E-state index is 12.5. The average Bonchev–Trinajstić information content (AvgIpc) is 3.07. The zero-order valence-electron chi connectivity index (χ0n) is 13.7. The maximum atomic E-state index is 12.5. The number of amides is 1. The number of aryl methyl sites for hydroxylation is 1. The Bertz CT molecular complexity index is 1090. The van der Waals surface area contributed by atoms with Crippen LogP contribution < -0.4 is 5.32 Å². The average molecular weight is 381 g/mol. The van der Waals surface area contributed by atoms with Crippen molar-refractivity contribution in [1.29, 1.82) is 0 Å². The van der Waals surface area contributed by atoms with Crippen LogP contribution >= 0.6 is 22.9 Å². The van der Waals surface area contributed by atoms with Crippen LogP contribution in [0.4, 0.5) is 5.82 Å². The molecule has 0 saturated carbocycles. The Balaban J connectivity index is 1.73. The minimum absolute atomic E-state index is 0.268. The lowest BCUT2D eigenvalue weighted by Gasteiger charge is -2.06. The largest absolute Gasteiger partial charge is 0.305 e. The molecule has 1 N–H and O–H groups in total. The molecule has 0 unspecified atom stereocenters. The number of thiazole rings is 1. The maximum Gasteiger partial charge on any atom is 0.256 e. The van der Waals surface area contributed by atoms with Crippen LogP contribution in [0, 0.1) is 6.92 Å². The molecule has 2 aromatic heterocycles. The van der Waals surface area contributed by atoms with Gasteiger partial charge in [0.1, 0.15) is 21.2 Å². The van der Waals surface area contributed by atoms with E-state index in [2.05, 4.69) is 20.3 Å². The van der Waals surface area contributed by atoms with E-state index in [0.717, 1.165) is 15.4 Å². The van der Waals surface area contributed by atoms with E-state index < -0.39 is 0 Å². The van der Waals surface area contributed by atoms with Crippen LogP contribution in [0.5, 0.6) is 0 Å². The molecule has 128 valence electrons. The van der Waals surface area contributed by atoms with Gasteiger partial charge < -0.3 is 5.32 Å². The number of anilines is 1. The van der Waals surface area contributed by atoms with Gasteiger partial charge in [-0.25, -0.2) is 15.0 Å².